The van der Waals surface area contributed by atoms with Crippen LogP contribution < -0.4 is 5.73 Å². The van der Waals surface area contributed by atoms with Crippen molar-refractivity contribution in [1.82, 2.24) is 0 Å². The van der Waals surface area contributed by atoms with E-state index in [1.807, 2.05) is 24.3 Å². The van der Waals surface area contributed by atoms with Crippen molar-refractivity contribution in [2.45, 2.75) is 0 Å². The lowest BCUT2D eigenvalue weighted by Crippen LogP contribution is -2.08. The minimum absolute atomic E-state index is 0.133. The lowest BCUT2D eigenvalue weighted by atomic mass is 10.2. The summed E-state index contributed by atoms with van der Waals surface area (Å²) in [7, 11) is 0. The standard InChI is InChI=1S/C9H7BrN2S/c10-6-2-1-3-7-5(6)4-8(13-7)9(11)12/h1-4H,(H3,11,12). The van der Waals surface area contributed by atoms with Gasteiger partial charge >= 0.3 is 0 Å². The number of rotatable bonds is 1. The molecule has 1 heterocycles. The normalized spacial score (nSPS) is 10.5. The van der Waals surface area contributed by atoms with Gasteiger partial charge in [-0.15, -0.1) is 11.3 Å². The van der Waals surface area contributed by atoms with E-state index in [-0.39, 0.29) is 5.84 Å². The predicted molar refractivity (Wildman–Crippen MR) is 60.5 cm³/mol. The Bertz CT molecular complexity index is 475. The van der Waals surface area contributed by atoms with Gasteiger partial charge in [0.05, 0.1) is 4.88 Å². The van der Waals surface area contributed by atoms with Gasteiger partial charge in [0.1, 0.15) is 5.84 Å². The van der Waals surface area contributed by atoms with Crippen LogP contribution in [0.2, 0.25) is 0 Å². The maximum atomic E-state index is 7.31. The number of nitrogens with two attached hydrogens (primary N) is 1. The van der Waals surface area contributed by atoms with Crippen LogP contribution in [0.4, 0.5) is 0 Å². The van der Waals surface area contributed by atoms with E-state index >= 15 is 0 Å². The highest BCUT2D eigenvalue weighted by Gasteiger charge is 2.05. The molecule has 2 aromatic rings. The molecule has 2 nitrogen and oxygen atoms in total. The number of halogens is 1. The van der Waals surface area contributed by atoms with Crippen LogP contribution in [-0.4, -0.2) is 5.84 Å². The van der Waals surface area contributed by atoms with Crippen LogP contribution in [0, 0.1) is 5.41 Å². The molecule has 0 aliphatic carbocycles. The summed E-state index contributed by atoms with van der Waals surface area (Å²) >= 11 is 4.99. The summed E-state index contributed by atoms with van der Waals surface area (Å²) in [5.41, 5.74) is 5.41. The van der Waals surface area contributed by atoms with Crippen molar-refractivity contribution >= 4 is 43.2 Å². The second-order valence-electron chi connectivity index (χ2n) is 2.68. The zero-order valence-electron chi connectivity index (χ0n) is 6.67. The van der Waals surface area contributed by atoms with Crippen molar-refractivity contribution in [3.63, 3.8) is 0 Å². The average Bonchev–Trinajstić information content (AvgIpc) is 2.49. The SMILES string of the molecule is N=C(N)c1cc2c(Br)cccc2s1. The monoisotopic (exact) mass is 254 g/mol. The molecule has 0 unspecified atom stereocenters. The lowest BCUT2D eigenvalue weighted by molar-refractivity contribution is 1.46. The van der Waals surface area contributed by atoms with Crippen molar-refractivity contribution in [3.05, 3.63) is 33.6 Å². The first kappa shape index (κ1) is 8.72. The first-order chi connectivity index (χ1) is 6.18. The van der Waals surface area contributed by atoms with E-state index < -0.39 is 0 Å². The summed E-state index contributed by atoms with van der Waals surface area (Å²) in [6.45, 7) is 0. The van der Waals surface area contributed by atoms with Crippen LogP contribution in [0.15, 0.2) is 28.7 Å². The zero-order valence-corrected chi connectivity index (χ0v) is 9.08. The maximum absolute atomic E-state index is 7.31. The minimum Gasteiger partial charge on any atom is -0.383 e. The molecule has 0 radical (unpaired) electrons. The van der Waals surface area contributed by atoms with Crippen molar-refractivity contribution < 1.29 is 0 Å². The highest BCUT2D eigenvalue weighted by atomic mass is 79.9. The Labute approximate surface area is 88.0 Å². The van der Waals surface area contributed by atoms with E-state index in [0.717, 1.165) is 19.4 Å². The molecule has 0 saturated heterocycles. The summed E-state index contributed by atoms with van der Waals surface area (Å²) in [6, 6.07) is 7.93. The van der Waals surface area contributed by atoms with Crippen LogP contribution >= 0.6 is 27.3 Å². The second kappa shape index (κ2) is 3.12. The number of benzene rings is 1. The molecule has 0 aliphatic heterocycles. The zero-order chi connectivity index (χ0) is 9.42. The molecule has 2 rings (SSSR count). The molecule has 0 atom stereocenters. The summed E-state index contributed by atoms with van der Waals surface area (Å²) < 4.78 is 2.20. The van der Waals surface area contributed by atoms with Crippen LogP contribution in [0.25, 0.3) is 10.1 Å². The molecule has 0 spiro atoms. The number of fused-ring (bicyclic) bond motifs is 1. The van der Waals surface area contributed by atoms with E-state index in [2.05, 4.69) is 15.9 Å². The molecule has 3 N–H and O–H groups in total. The van der Waals surface area contributed by atoms with Gasteiger partial charge in [-0.2, -0.15) is 0 Å². The fraction of sp³-hybridized carbons (Fsp3) is 0. The molecule has 0 saturated carbocycles. The Morgan fingerprint density at radius 1 is 1.46 bits per heavy atom. The van der Waals surface area contributed by atoms with E-state index in [1.54, 1.807) is 0 Å². The third kappa shape index (κ3) is 1.47. The number of nitrogens with one attached hydrogen (secondary N) is 1. The highest BCUT2D eigenvalue weighted by Crippen LogP contribution is 2.30. The largest absolute Gasteiger partial charge is 0.383 e. The molecular weight excluding hydrogens is 248 g/mol. The quantitative estimate of drug-likeness (QED) is 0.597. The first-order valence-electron chi connectivity index (χ1n) is 3.71. The Morgan fingerprint density at radius 2 is 2.23 bits per heavy atom. The topological polar surface area (TPSA) is 49.9 Å². The molecular formula is C9H7BrN2S. The van der Waals surface area contributed by atoms with Crippen LogP contribution in [0.3, 0.4) is 0 Å². The van der Waals surface area contributed by atoms with Crippen molar-refractivity contribution in [2.75, 3.05) is 0 Å². The third-order valence-corrected chi connectivity index (χ3v) is 3.60. The van der Waals surface area contributed by atoms with E-state index in [0.29, 0.717) is 0 Å². The van der Waals surface area contributed by atoms with Crippen molar-refractivity contribution in [2.24, 2.45) is 5.73 Å². The Morgan fingerprint density at radius 3 is 2.85 bits per heavy atom. The number of hydrogen-bond donors (Lipinski definition) is 2. The minimum atomic E-state index is 0.133. The summed E-state index contributed by atoms with van der Waals surface area (Å²) in [5.74, 6) is 0.133. The fourth-order valence-corrected chi connectivity index (χ4v) is 2.72. The van der Waals surface area contributed by atoms with Gasteiger partial charge in [0.2, 0.25) is 0 Å². The van der Waals surface area contributed by atoms with Crippen LogP contribution in [0.1, 0.15) is 4.88 Å². The second-order valence-corrected chi connectivity index (χ2v) is 4.61. The van der Waals surface area contributed by atoms with Gasteiger partial charge in [0, 0.05) is 14.6 Å². The van der Waals surface area contributed by atoms with Gasteiger partial charge in [-0.3, -0.25) is 5.41 Å². The van der Waals surface area contributed by atoms with Gasteiger partial charge in [-0.1, -0.05) is 22.0 Å². The number of amidine groups is 1. The van der Waals surface area contributed by atoms with Crippen LogP contribution in [0.5, 0.6) is 0 Å². The Kier molecular flexibility index (Phi) is 2.09. The van der Waals surface area contributed by atoms with Gasteiger partial charge in [0.15, 0.2) is 0 Å². The van der Waals surface area contributed by atoms with Crippen molar-refractivity contribution in [1.29, 1.82) is 5.41 Å². The Balaban J connectivity index is 2.75. The first-order valence-corrected chi connectivity index (χ1v) is 5.32. The molecule has 0 fully saturated rings. The van der Waals surface area contributed by atoms with Crippen molar-refractivity contribution in [3.8, 4) is 0 Å². The van der Waals surface area contributed by atoms with Gasteiger partial charge in [0.25, 0.3) is 0 Å². The van der Waals surface area contributed by atoms with E-state index in [4.69, 9.17) is 11.1 Å². The molecule has 0 amide bonds. The summed E-state index contributed by atoms with van der Waals surface area (Å²) in [6.07, 6.45) is 0. The number of thiophene rings is 1. The Hall–Kier alpha value is -0.870. The maximum Gasteiger partial charge on any atom is 0.133 e. The third-order valence-electron chi connectivity index (χ3n) is 1.77. The molecule has 4 heteroatoms. The lowest BCUT2D eigenvalue weighted by Gasteiger charge is -1.89. The van der Waals surface area contributed by atoms with Gasteiger partial charge < -0.3 is 5.73 Å². The molecule has 66 valence electrons. The molecule has 13 heavy (non-hydrogen) atoms. The van der Waals surface area contributed by atoms with Gasteiger partial charge in [-0.05, 0) is 18.2 Å². The predicted octanol–water partition coefficient (Wildman–Crippen LogP) is 2.95. The average molecular weight is 255 g/mol. The highest BCUT2D eigenvalue weighted by molar-refractivity contribution is 9.10. The summed E-state index contributed by atoms with van der Waals surface area (Å²) in [5, 5.41) is 8.43. The fourth-order valence-electron chi connectivity index (χ4n) is 1.16. The smallest absolute Gasteiger partial charge is 0.133 e. The molecule has 1 aromatic heterocycles. The molecule has 0 bridgehead atoms. The van der Waals surface area contributed by atoms with E-state index in [1.165, 1.54) is 11.3 Å². The van der Waals surface area contributed by atoms with E-state index in [9.17, 15) is 0 Å². The molecule has 1 aromatic carbocycles. The number of nitrogen functional groups attached to an aromatic ring is 1. The molecule has 0 aliphatic rings. The van der Waals surface area contributed by atoms with Gasteiger partial charge in [-0.25, -0.2) is 0 Å². The summed E-state index contributed by atoms with van der Waals surface area (Å²) in [4.78, 5) is 0.821. The van der Waals surface area contributed by atoms with Crippen LogP contribution in [-0.2, 0) is 0 Å². The number of hydrogen-bond acceptors (Lipinski definition) is 2.